The molecule has 0 radical (unpaired) electrons. The molecule has 1 N–H and O–H groups in total. The Morgan fingerprint density at radius 2 is 1.59 bits per heavy atom. The van der Waals surface area contributed by atoms with E-state index >= 15 is 0 Å². The highest BCUT2D eigenvalue weighted by Gasteiger charge is 2.14. The van der Waals surface area contributed by atoms with Crippen LogP contribution in [0.4, 0.5) is 0 Å². The van der Waals surface area contributed by atoms with Gasteiger partial charge in [0, 0.05) is 6.04 Å². The van der Waals surface area contributed by atoms with E-state index in [1.807, 2.05) is 0 Å². The molecule has 1 rings (SSSR count). The molecule has 0 saturated carbocycles. The molecule has 0 aromatic heterocycles. The quantitative estimate of drug-likeness (QED) is 0.732. The third-order valence-corrected chi connectivity index (χ3v) is 3.65. The second-order valence-electron chi connectivity index (χ2n) is 4.94. The number of benzene rings is 1. The normalized spacial score (nSPS) is 13.0. The zero-order valence-corrected chi connectivity index (χ0v) is 11.8. The molecule has 0 aliphatic carbocycles. The van der Waals surface area contributed by atoms with E-state index in [9.17, 15) is 0 Å². The van der Waals surface area contributed by atoms with Crippen molar-refractivity contribution in [1.82, 2.24) is 5.32 Å². The lowest BCUT2D eigenvalue weighted by atomic mass is 9.91. The van der Waals surface area contributed by atoms with Gasteiger partial charge in [-0.15, -0.1) is 0 Å². The molecule has 0 aliphatic heterocycles. The van der Waals surface area contributed by atoms with Gasteiger partial charge in [0.2, 0.25) is 0 Å². The van der Waals surface area contributed by atoms with Crippen LogP contribution in [0.3, 0.4) is 0 Å². The first-order chi connectivity index (χ1) is 8.21. The first-order valence-corrected chi connectivity index (χ1v) is 7.01. The highest BCUT2D eigenvalue weighted by molar-refractivity contribution is 5.24. The minimum Gasteiger partial charge on any atom is -0.310 e. The topological polar surface area (TPSA) is 12.0 Å². The molecule has 1 heteroatoms. The molecule has 1 nitrogen and oxygen atoms in total. The lowest BCUT2D eigenvalue weighted by molar-refractivity contribution is 0.375. The van der Waals surface area contributed by atoms with Gasteiger partial charge < -0.3 is 5.32 Å². The number of rotatable bonds is 7. The van der Waals surface area contributed by atoms with Crippen LogP contribution in [0, 0.1) is 12.8 Å². The number of hydrogen-bond donors (Lipinski definition) is 1. The van der Waals surface area contributed by atoms with Crippen LogP contribution in [0.2, 0.25) is 0 Å². The molecule has 1 aromatic carbocycles. The maximum absolute atomic E-state index is 3.62. The van der Waals surface area contributed by atoms with Gasteiger partial charge in [0.25, 0.3) is 0 Å². The number of aryl methyl sites for hydroxylation is 1. The summed E-state index contributed by atoms with van der Waals surface area (Å²) in [5, 5.41) is 3.62. The van der Waals surface area contributed by atoms with Crippen molar-refractivity contribution in [3.63, 3.8) is 0 Å². The average Bonchev–Trinajstić information content (AvgIpc) is 2.35. The number of hydrogen-bond acceptors (Lipinski definition) is 1. The lowest BCUT2D eigenvalue weighted by Gasteiger charge is -2.23. The van der Waals surface area contributed by atoms with Gasteiger partial charge in [0.05, 0.1) is 0 Å². The minimum atomic E-state index is 0.519. The molecule has 0 fully saturated rings. The van der Waals surface area contributed by atoms with Crippen LogP contribution in [0.5, 0.6) is 0 Å². The van der Waals surface area contributed by atoms with Crippen LogP contribution in [-0.2, 0) is 0 Å². The predicted molar refractivity (Wildman–Crippen MR) is 76.3 cm³/mol. The van der Waals surface area contributed by atoms with Crippen LogP contribution in [0.15, 0.2) is 24.3 Å². The van der Waals surface area contributed by atoms with Gasteiger partial charge in [-0.05, 0) is 31.4 Å². The Balaban J connectivity index is 2.73. The summed E-state index contributed by atoms with van der Waals surface area (Å²) in [7, 11) is 0. The molecular weight excluding hydrogens is 206 g/mol. The summed E-state index contributed by atoms with van der Waals surface area (Å²) in [6.45, 7) is 9.97. The molecule has 17 heavy (non-hydrogen) atoms. The lowest BCUT2D eigenvalue weighted by Crippen LogP contribution is -2.23. The molecule has 1 aromatic rings. The first kappa shape index (κ1) is 14.2. The summed E-state index contributed by atoms with van der Waals surface area (Å²) in [5.41, 5.74) is 2.77. The molecule has 1 atom stereocenters. The predicted octanol–water partition coefficient (Wildman–Crippen LogP) is 4.47. The van der Waals surface area contributed by atoms with Crippen molar-refractivity contribution in [2.75, 3.05) is 6.54 Å². The smallest absolute Gasteiger partial charge is 0.0322 e. The van der Waals surface area contributed by atoms with Crippen LogP contribution < -0.4 is 5.32 Å². The van der Waals surface area contributed by atoms with Crippen molar-refractivity contribution < 1.29 is 0 Å². The molecule has 1 unspecified atom stereocenters. The summed E-state index contributed by atoms with van der Waals surface area (Å²) in [5.74, 6) is 0.834. The second kappa shape index (κ2) is 7.50. The maximum atomic E-state index is 3.62. The van der Waals surface area contributed by atoms with E-state index in [1.54, 1.807) is 0 Å². The third-order valence-electron chi connectivity index (χ3n) is 3.65. The monoisotopic (exact) mass is 233 g/mol. The van der Waals surface area contributed by atoms with Gasteiger partial charge >= 0.3 is 0 Å². The molecular formula is C16H27N. The second-order valence-corrected chi connectivity index (χ2v) is 4.94. The first-order valence-electron chi connectivity index (χ1n) is 7.01. The molecule has 0 heterocycles. The Kier molecular flexibility index (Phi) is 6.28. The molecule has 96 valence electrons. The van der Waals surface area contributed by atoms with Crippen LogP contribution >= 0.6 is 0 Å². The Labute approximate surface area is 107 Å². The van der Waals surface area contributed by atoms with E-state index in [-0.39, 0.29) is 0 Å². The van der Waals surface area contributed by atoms with E-state index in [1.165, 1.54) is 30.4 Å². The standard InChI is InChI=1S/C16H27N/c1-5-14(6-2)12-16(17-7-3)15-10-8-13(4)9-11-15/h8-11,14,16-17H,5-7,12H2,1-4H3. The van der Waals surface area contributed by atoms with E-state index in [2.05, 4.69) is 57.3 Å². The fourth-order valence-corrected chi connectivity index (χ4v) is 2.34. The third kappa shape index (κ3) is 4.51. The van der Waals surface area contributed by atoms with E-state index in [0.29, 0.717) is 6.04 Å². The van der Waals surface area contributed by atoms with Crippen molar-refractivity contribution >= 4 is 0 Å². The zero-order valence-electron chi connectivity index (χ0n) is 11.8. The van der Waals surface area contributed by atoms with Crippen LogP contribution in [0.1, 0.15) is 57.2 Å². The number of nitrogens with one attached hydrogen (secondary N) is 1. The maximum Gasteiger partial charge on any atom is 0.0322 e. The highest BCUT2D eigenvalue weighted by Crippen LogP contribution is 2.25. The van der Waals surface area contributed by atoms with Crippen molar-refractivity contribution in [1.29, 1.82) is 0 Å². The van der Waals surface area contributed by atoms with Gasteiger partial charge in [-0.2, -0.15) is 0 Å². The zero-order chi connectivity index (χ0) is 12.7. The summed E-state index contributed by atoms with van der Waals surface area (Å²) in [4.78, 5) is 0. The Bertz CT molecular complexity index is 298. The van der Waals surface area contributed by atoms with E-state index in [0.717, 1.165) is 12.5 Å². The fraction of sp³-hybridized carbons (Fsp3) is 0.625. The van der Waals surface area contributed by atoms with Gasteiger partial charge in [-0.1, -0.05) is 63.4 Å². The van der Waals surface area contributed by atoms with Crippen LogP contribution in [0.25, 0.3) is 0 Å². The summed E-state index contributed by atoms with van der Waals surface area (Å²) in [6.07, 6.45) is 3.82. The van der Waals surface area contributed by atoms with Gasteiger partial charge in [-0.25, -0.2) is 0 Å². The van der Waals surface area contributed by atoms with Crippen molar-refractivity contribution in [3.8, 4) is 0 Å². The van der Waals surface area contributed by atoms with E-state index < -0.39 is 0 Å². The van der Waals surface area contributed by atoms with Crippen LogP contribution in [-0.4, -0.2) is 6.54 Å². The Morgan fingerprint density at radius 1 is 1.00 bits per heavy atom. The fourth-order valence-electron chi connectivity index (χ4n) is 2.34. The highest BCUT2D eigenvalue weighted by atomic mass is 14.9. The summed E-state index contributed by atoms with van der Waals surface area (Å²) in [6, 6.07) is 9.49. The average molecular weight is 233 g/mol. The van der Waals surface area contributed by atoms with Crippen molar-refractivity contribution in [2.24, 2.45) is 5.92 Å². The molecule has 0 bridgehead atoms. The molecule has 0 spiro atoms. The van der Waals surface area contributed by atoms with Gasteiger partial charge in [0.15, 0.2) is 0 Å². The Hall–Kier alpha value is -0.820. The summed E-state index contributed by atoms with van der Waals surface area (Å²) < 4.78 is 0. The molecule has 0 aliphatic rings. The Morgan fingerprint density at radius 3 is 2.06 bits per heavy atom. The van der Waals surface area contributed by atoms with Crippen molar-refractivity contribution in [2.45, 2.75) is 53.0 Å². The molecule has 0 saturated heterocycles. The minimum absolute atomic E-state index is 0.519. The summed E-state index contributed by atoms with van der Waals surface area (Å²) >= 11 is 0. The van der Waals surface area contributed by atoms with E-state index in [4.69, 9.17) is 0 Å². The molecule has 0 amide bonds. The SMILES string of the molecule is CCNC(CC(CC)CC)c1ccc(C)cc1. The van der Waals surface area contributed by atoms with Gasteiger partial charge in [-0.3, -0.25) is 0 Å². The van der Waals surface area contributed by atoms with Crippen molar-refractivity contribution in [3.05, 3.63) is 35.4 Å². The van der Waals surface area contributed by atoms with Gasteiger partial charge in [0.1, 0.15) is 0 Å². The largest absolute Gasteiger partial charge is 0.310 e.